The van der Waals surface area contributed by atoms with Crippen LogP contribution in [0, 0.1) is 5.82 Å². The predicted molar refractivity (Wildman–Crippen MR) is 224 cm³/mol. The number of benzene rings is 3. The maximum absolute atomic E-state index is 13.9. The number of imide groups is 2. The van der Waals surface area contributed by atoms with Gasteiger partial charge in [0.2, 0.25) is 11.8 Å². The van der Waals surface area contributed by atoms with Crippen LogP contribution >= 0.6 is 0 Å². The van der Waals surface area contributed by atoms with E-state index < -0.39 is 41.7 Å². The molecular weight excluding hydrogens is 798 g/mol. The van der Waals surface area contributed by atoms with Gasteiger partial charge in [-0.2, -0.15) is 5.10 Å². The highest BCUT2D eigenvalue weighted by molar-refractivity contribution is 6.23. The van der Waals surface area contributed by atoms with Crippen molar-refractivity contribution in [2.45, 2.75) is 62.6 Å². The SMILES string of the molecule is COc1ccc(F)cc1C(O)NCc1ccc(-c2nn(C3CCN(C4CN(C5CN(c6ccc7c(c6)C(=O)N(C6CCC(=O)NC6=O)C7=O)C5)C4)CC3)c3ncnc(N)c23)cc1. The molecule has 17 nitrogen and oxygen atoms in total. The van der Waals surface area contributed by atoms with Gasteiger partial charge in [0.05, 0.1) is 29.7 Å². The molecule has 5 aliphatic rings. The summed E-state index contributed by atoms with van der Waals surface area (Å²) < 4.78 is 21.2. The number of hydrogen-bond acceptors (Lipinski definition) is 14. The van der Waals surface area contributed by atoms with Gasteiger partial charge in [-0.1, -0.05) is 24.3 Å². The molecule has 0 aliphatic carbocycles. The zero-order chi connectivity index (χ0) is 42.8. The molecule has 4 saturated heterocycles. The van der Waals surface area contributed by atoms with Crippen LogP contribution in [-0.2, 0) is 16.1 Å². The van der Waals surface area contributed by atoms with Crippen LogP contribution in [0.25, 0.3) is 22.3 Å². The number of halogens is 1. The molecule has 0 spiro atoms. The quantitative estimate of drug-likeness (QED) is 0.112. The first-order valence-corrected chi connectivity index (χ1v) is 21.0. The smallest absolute Gasteiger partial charge is 0.262 e. The molecule has 5 aliphatic heterocycles. The number of nitrogens with two attached hydrogens (primary N) is 1. The van der Waals surface area contributed by atoms with E-state index in [9.17, 15) is 28.7 Å². The summed E-state index contributed by atoms with van der Waals surface area (Å²) >= 11 is 0. The van der Waals surface area contributed by atoms with Crippen molar-refractivity contribution in [3.63, 3.8) is 0 Å². The van der Waals surface area contributed by atoms with Crippen LogP contribution in [0.4, 0.5) is 15.9 Å². The average Bonchev–Trinajstić information content (AvgIpc) is 3.75. The van der Waals surface area contributed by atoms with Crippen LogP contribution in [-0.4, -0.2) is 128 Å². The van der Waals surface area contributed by atoms with E-state index in [-0.39, 0.29) is 24.4 Å². The highest BCUT2D eigenvalue weighted by Gasteiger charge is 2.46. The van der Waals surface area contributed by atoms with Gasteiger partial charge in [-0.25, -0.2) is 19.0 Å². The minimum atomic E-state index is -1.13. The second-order valence-electron chi connectivity index (χ2n) is 16.7. The summed E-state index contributed by atoms with van der Waals surface area (Å²) in [6, 6.07) is 17.2. The van der Waals surface area contributed by atoms with Crippen molar-refractivity contribution in [3.8, 4) is 17.0 Å². The summed E-state index contributed by atoms with van der Waals surface area (Å²) in [6.45, 7) is 5.82. The van der Waals surface area contributed by atoms with Crippen molar-refractivity contribution in [1.82, 2.24) is 45.1 Å². The number of aliphatic hydroxyl groups is 1. The van der Waals surface area contributed by atoms with Crippen LogP contribution in [0.15, 0.2) is 67.0 Å². The van der Waals surface area contributed by atoms with E-state index in [0.717, 1.165) is 73.8 Å². The number of likely N-dealkylation sites (tertiary alicyclic amines) is 2. The lowest BCUT2D eigenvalue weighted by Crippen LogP contribution is -2.70. The van der Waals surface area contributed by atoms with Gasteiger partial charge >= 0.3 is 0 Å². The number of piperidine rings is 2. The van der Waals surface area contributed by atoms with Crippen LogP contribution < -0.4 is 26.0 Å². The van der Waals surface area contributed by atoms with Gasteiger partial charge in [0.15, 0.2) is 5.65 Å². The number of aromatic nitrogens is 4. The molecule has 320 valence electrons. The highest BCUT2D eigenvalue weighted by Crippen LogP contribution is 2.37. The molecular formula is C44H46FN11O6. The van der Waals surface area contributed by atoms with Crippen molar-refractivity contribution in [1.29, 1.82) is 0 Å². The first-order chi connectivity index (χ1) is 30.0. The second-order valence-corrected chi connectivity index (χ2v) is 16.7. The van der Waals surface area contributed by atoms with E-state index >= 15 is 0 Å². The number of aliphatic hydroxyl groups excluding tert-OH is 1. The summed E-state index contributed by atoms with van der Waals surface area (Å²) in [6.07, 6.45) is 2.40. The van der Waals surface area contributed by atoms with Gasteiger partial charge in [0.25, 0.3) is 11.8 Å². The zero-order valence-corrected chi connectivity index (χ0v) is 34.0. The summed E-state index contributed by atoms with van der Waals surface area (Å²) in [5.41, 5.74) is 11.4. The van der Waals surface area contributed by atoms with Gasteiger partial charge in [-0.05, 0) is 61.2 Å². The third kappa shape index (κ3) is 7.01. The van der Waals surface area contributed by atoms with E-state index in [1.807, 2.05) is 35.0 Å². The number of carbonyl (C=O) groups is 4. The molecule has 4 amide bonds. The molecule has 7 heterocycles. The van der Waals surface area contributed by atoms with Gasteiger partial charge in [0, 0.05) is 81.1 Å². The normalized spacial score (nSPS) is 21.0. The molecule has 5 N–H and O–H groups in total. The Balaban J connectivity index is 0.727. The van der Waals surface area contributed by atoms with Crippen LogP contribution in [0.5, 0.6) is 5.75 Å². The van der Waals surface area contributed by atoms with Crippen molar-refractivity contribution in [2.75, 3.05) is 57.0 Å². The van der Waals surface area contributed by atoms with Crippen molar-refractivity contribution >= 4 is 46.2 Å². The Kier molecular flexibility index (Phi) is 10.2. The maximum atomic E-state index is 13.9. The fourth-order valence-corrected chi connectivity index (χ4v) is 9.54. The maximum Gasteiger partial charge on any atom is 0.262 e. The predicted octanol–water partition coefficient (Wildman–Crippen LogP) is 2.62. The van der Waals surface area contributed by atoms with Gasteiger partial charge < -0.3 is 20.5 Å². The monoisotopic (exact) mass is 843 g/mol. The number of amides is 4. The molecule has 2 unspecified atom stereocenters. The standard InChI is InChI=1S/C44H46FN11O6/c1-62-35-10-6-26(45)16-33(35)41(58)47-18-24-2-4-25(5-3-24)38-37-39(46)48-23-49-40(37)56(51-38)27-12-14-52(15-13-27)29-19-54(20-29)30-21-53(22-30)28-7-8-31-32(17-28)44(61)55(43(31)60)34-9-11-36(57)50-42(34)59/h2-8,10,16-17,23,27,29-30,34,41,47,58H,9,11-15,18-22H2,1H3,(H2,46,48,49)(H,50,57,59). The number of hydrogen-bond donors (Lipinski definition) is 4. The zero-order valence-electron chi connectivity index (χ0n) is 34.0. The minimum absolute atomic E-state index is 0.0844. The Hall–Kier alpha value is -6.34. The first-order valence-electron chi connectivity index (χ1n) is 21.0. The van der Waals surface area contributed by atoms with E-state index in [1.54, 1.807) is 12.1 Å². The molecule has 5 aromatic rings. The number of nitrogens with one attached hydrogen (secondary N) is 2. The Morgan fingerprint density at radius 2 is 1.63 bits per heavy atom. The van der Waals surface area contributed by atoms with Gasteiger partial charge in [-0.3, -0.25) is 44.5 Å². The number of fused-ring (bicyclic) bond motifs is 2. The average molecular weight is 844 g/mol. The molecule has 4 fully saturated rings. The lowest BCUT2D eigenvalue weighted by atomic mass is 9.95. The van der Waals surface area contributed by atoms with Crippen molar-refractivity contribution in [3.05, 3.63) is 95.1 Å². The number of anilines is 2. The molecule has 0 bridgehead atoms. The number of ether oxygens (including phenoxy) is 1. The first kappa shape index (κ1) is 39.8. The summed E-state index contributed by atoms with van der Waals surface area (Å²) in [5, 5.41) is 21.8. The fraction of sp³-hybridized carbons (Fsp3) is 0.386. The number of methoxy groups -OCH3 is 1. The fourth-order valence-electron chi connectivity index (χ4n) is 9.54. The Morgan fingerprint density at radius 3 is 2.37 bits per heavy atom. The lowest BCUT2D eigenvalue weighted by Gasteiger charge is -2.55. The second kappa shape index (κ2) is 15.8. The van der Waals surface area contributed by atoms with Gasteiger partial charge in [0.1, 0.15) is 41.7 Å². The molecule has 2 atom stereocenters. The Labute approximate surface area is 355 Å². The molecule has 0 saturated carbocycles. The number of rotatable bonds is 11. The highest BCUT2D eigenvalue weighted by atomic mass is 19.1. The van der Waals surface area contributed by atoms with Crippen LogP contribution in [0.1, 0.15) is 69.8 Å². The van der Waals surface area contributed by atoms with Crippen LogP contribution in [0.2, 0.25) is 0 Å². The summed E-state index contributed by atoms with van der Waals surface area (Å²) in [5.74, 6) is -1.71. The molecule has 10 rings (SSSR count). The van der Waals surface area contributed by atoms with Gasteiger partial charge in [-0.15, -0.1) is 0 Å². The van der Waals surface area contributed by atoms with E-state index in [0.29, 0.717) is 58.1 Å². The Bertz CT molecular complexity index is 2600. The summed E-state index contributed by atoms with van der Waals surface area (Å²) in [7, 11) is 1.47. The van der Waals surface area contributed by atoms with Crippen molar-refractivity contribution < 1.29 is 33.4 Å². The summed E-state index contributed by atoms with van der Waals surface area (Å²) in [4.78, 5) is 67.8. The molecule has 0 radical (unpaired) electrons. The largest absolute Gasteiger partial charge is 0.496 e. The lowest BCUT2D eigenvalue weighted by molar-refractivity contribution is -0.136. The molecule has 3 aromatic carbocycles. The van der Waals surface area contributed by atoms with E-state index in [1.165, 1.54) is 31.6 Å². The third-order valence-corrected chi connectivity index (χ3v) is 13.2. The molecule has 18 heteroatoms. The van der Waals surface area contributed by atoms with E-state index in [4.69, 9.17) is 15.6 Å². The number of nitrogen functional groups attached to an aromatic ring is 1. The van der Waals surface area contributed by atoms with Crippen molar-refractivity contribution in [2.24, 2.45) is 0 Å². The third-order valence-electron chi connectivity index (χ3n) is 13.2. The molecule has 62 heavy (non-hydrogen) atoms. The topological polar surface area (TPSA) is 204 Å². The number of nitrogens with zero attached hydrogens (tertiary/aromatic N) is 8. The van der Waals surface area contributed by atoms with Crippen LogP contribution in [0.3, 0.4) is 0 Å². The Morgan fingerprint density at radius 1 is 0.887 bits per heavy atom. The van der Waals surface area contributed by atoms with E-state index in [2.05, 4.69) is 35.3 Å². The minimum Gasteiger partial charge on any atom is -0.496 e. The molecule has 2 aromatic heterocycles. The number of carbonyl (C=O) groups excluding carboxylic acids is 4.